The highest BCUT2D eigenvalue weighted by molar-refractivity contribution is 8.00. The number of ketones is 1. The molecule has 22 heavy (non-hydrogen) atoms. The van der Waals surface area contributed by atoms with Crippen molar-refractivity contribution in [3.63, 3.8) is 0 Å². The lowest BCUT2D eigenvalue weighted by molar-refractivity contribution is -0.114. The zero-order chi connectivity index (χ0) is 16.1. The third-order valence-electron chi connectivity index (χ3n) is 3.06. The molecule has 0 spiro atoms. The van der Waals surface area contributed by atoms with Gasteiger partial charge in [0.2, 0.25) is 5.91 Å². The first-order chi connectivity index (χ1) is 10.5. The number of carbonyl (C=O) groups is 2. The van der Waals surface area contributed by atoms with Crippen LogP contribution in [0.2, 0.25) is 0 Å². The second kappa shape index (κ2) is 7.22. The highest BCUT2D eigenvalue weighted by atomic mass is 32.2. The Hall–Kier alpha value is -2.15. The first kappa shape index (κ1) is 16.2. The molecule has 0 fully saturated rings. The van der Waals surface area contributed by atoms with Crippen molar-refractivity contribution in [2.45, 2.75) is 37.7 Å². The van der Waals surface area contributed by atoms with Crippen molar-refractivity contribution < 1.29 is 9.59 Å². The molecule has 1 N–H and O–H groups in total. The predicted octanol–water partition coefficient (Wildman–Crippen LogP) is 2.62. The minimum atomic E-state index is -0.263. The maximum Gasteiger partial charge on any atom is 0.221 e. The van der Waals surface area contributed by atoms with E-state index in [0.29, 0.717) is 11.3 Å². The summed E-state index contributed by atoms with van der Waals surface area (Å²) < 4.78 is 1.90. The van der Waals surface area contributed by atoms with E-state index in [1.165, 1.54) is 18.7 Å². The second-order valence-electron chi connectivity index (χ2n) is 4.78. The van der Waals surface area contributed by atoms with Crippen LogP contribution in [0.15, 0.2) is 35.7 Å². The topological polar surface area (TPSA) is 76.9 Å². The molecule has 1 aromatic heterocycles. The van der Waals surface area contributed by atoms with Gasteiger partial charge in [-0.15, -0.1) is 10.2 Å². The number of aryl methyl sites for hydroxylation is 1. The summed E-state index contributed by atoms with van der Waals surface area (Å²) >= 11 is 1.39. The summed E-state index contributed by atoms with van der Waals surface area (Å²) in [6, 6.07) is 6.88. The van der Waals surface area contributed by atoms with Crippen molar-refractivity contribution in [1.82, 2.24) is 14.8 Å². The Morgan fingerprint density at radius 3 is 2.59 bits per heavy atom. The van der Waals surface area contributed by atoms with Crippen LogP contribution in [-0.4, -0.2) is 31.7 Å². The average molecular weight is 318 g/mol. The van der Waals surface area contributed by atoms with Gasteiger partial charge in [0, 0.05) is 24.7 Å². The predicted molar refractivity (Wildman–Crippen MR) is 86.1 cm³/mol. The van der Waals surface area contributed by atoms with Crippen LogP contribution in [0.1, 0.15) is 31.1 Å². The molecule has 2 rings (SSSR count). The lowest BCUT2D eigenvalue weighted by Gasteiger charge is -2.11. The molecule has 0 radical (unpaired) electrons. The summed E-state index contributed by atoms with van der Waals surface area (Å²) in [7, 11) is 0. The Kier molecular flexibility index (Phi) is 5.32. The quantitative estimate of drug-likeness (QED) is 0.654. The van der Waals surface area contributed by atoms with Crippen LogP contribution in [0.3, 0.4) is 0 Å². The summed E-state index contributed by atoms with van der Waals surface area (Å²) in [6.07, 6.45) is 1.65. The smallest absolute Gasteiger partial charge is 0.221 e. The molecule has 1 amide bonds. The van der Waals surface area contributed by atoms with E-state index in [-0.39, 0.29) is 16.9 Å². The number of nitrogens with one attached hydrogen (secondary N) is 1. The molecule has 1 aromatic carbocycles. The summed E-state index contributed by atoms with van der Waals surface area (Å²) in [5, 5.41) is 11.0. The number of amides is 1. The van der Waals surface area contributed by atoms with Crippen molar-refractivity contribution in [2.24, 2.45) is 0 Å². The molecule has 2 aromatic rings. The van der Waals surface area contributed by atoms with Gasteiger partial charge in [0.15, 0.2) is 10.9 Å². The molecule has 7 heteroatoms. The number of aromatic nitrogens is 3. The van der Waals surface area contributed by atoms with Gasteiger partial charge in [-0.2, -0.15) is 0 Å². The lowest BCUT2D eigenvalue weighted by atomic mass is 10.1. The number of hydrogen-bond acceptors (Lipinski definition) is 5. The summed E-state index contributed by atoms with van der Waals surface area (Å²) in [6.45, 7) is 6.06. The Labute approximate surface area is 133 Å². The molecule has 116 valence electrons. The normalized spacial score (nSPS) is 12.0. The number of nitrogens with zero attached hydrogens (tertiary/aromatic N) is 3. The maximum atomic E-state index is 12.4. The Bertz CT molecular complexity index is 666. The van der Waals surface area contributed by atoms with Crippen LogP contribution < -0.4 is 5.32 Å². The second-order valence-corrected chi connectivity index (χ2v) is 6.09. The maximum absolute atomic E-state index is 12.4. The van der Waals surface area contributed by atoms with E-state index in [0.717, 1.165) is 11.7 Å². The first-order valence-corrected chi connectivity index (χ1v) is 7.85. The first-order valence-electron chi connectivity index (χ1n) is 6.97. The van der Waals surface area contributed by atoms with Gasteiger partial charge >= 0.3 is 0 Å². The van der Waals surface area contributed by atoms with Crippen LogP contribution in [0, 0.1) is 0 Å². The van der Waals surface area contributed by atoms with E-state index < -0.39 is 0 Å². The van der Waals surface area contributed by atoms with E-state index in [4.69, 9.17) is 0 Å². The SMILES string of the molecule is CCn1cnnc1S[C@H](C)C(=O)c1ccc(NC(C)=O)cc1. The monoisotopic (exact) mass is 318 g/mol. The van der Waals surface area contributed by atoms with E-state index in [1.54, 1.807) is 30.6 Å². The molecule has 6 nitrogen and oxygen atoms in total. The van der Waals surface area contributed by atoms with Gasteiger partial charge < -0.3 is 9.88 Å². The van der Waals surface area contributed by atoms with Gasteiger partial charge in [0.05, 0.1) is 5.25 Å². The third-order valence-corrected chi connectivity index (χ3v) is 4.16. The zero-order valence-electron chi connectivity index (χ0n) is 12.7. The lowest BCUT2D eigenvalue weighted by Crippen LogP contribution is -2.15. The number of carbonyl (C=O) groups excluding carboxylic acids is 2. The van der Waals surface area contributed by atoms with E-state index in [9.17, 15) is 9.59 Å². The van der Waals surface area contributed by atoms with Crippen molar-refractivity contribution in [3.8, 4) is 0 Å². The van der Waals surface area contributed by atoms with Crippen LogP contribution in [0.4, 0.5) is 5.69 Å². The third kappa shape index (κ3) is 3.94. The highest BCUT2D eigenvalue weighted by Gasteiger charge is 2.19. The molecule has 1 atom stereocenters. The van der Waals surface area contributed by atoms with Crippen LogP contribution >= 0.6 is 11.8 Å². The molecule has 0 unspecified atom stereocenters. The van der Waals surface area contributed by atoms with Gasteiger partial charge in [-0.05, 0) is 38.1 Å². The van der Waals surface area contributed by atoms with Crippen molar-refractivity contribution in [3.05, 3.63) is 36.2 Å². The summed E-state index contributed by atoms with van der Waals surface area (Å²) in [4.78, 5) is 23.4. The van der Waals surface area contributed by atoms with E-state index in [1.807, 2.05) is 18.4 Å². The minimum Gasteiger partial charge on any atom is -0.326 e. The van der Waals surface area contributed by atoms with Gasteiger partial charge in [-0.3, -0.25) is 9.59 Å². The van der Waals surface area contributed by atoms with Gasteiger partial charge in [-0.25, -0.2) is 0 Å². The standard InChI is InChI=1S/C15H18N4O2S/c1-4-19-9-16-18-15(19)22-10(2)14(21)12-5-7-13(8-6-12)17-11(3)20/h5-10H,4H2,1-3H3,(H,17,20)/t10-/m1/s1. The molecule has 0 aliphatic rings. The Balaban J connectivity index is 2.05. The van der Waals surface area contributed by atoms with Crippen molar-refractivity contribution in [2.75, 3.05) is 5.32 Å². The molecule has 0 saturated carbocycles. The highest BCUT2D eigenvalue weighted by Crippen LogP contribution is 2.24. The Morgan fingerprint density at radius 2 is 2.00 bits per heavy atom. The molecule has 0 saturated heterocycles. The number of hydrogen-bond donors (Lipinski definition) is 1. The molecule has 0 bridgehead atoms. The summed E-state index contributed by atoms with van der Waals surface area (Å²) in [5.41, 5.74) is 1.28. The Morgan fingerprint density at radius 1 is 1.32 bits per heavy atom. The minimum absolute atomic E-state index is 0.0185. The fraction of sp³-hybridized carbons (Fsp3) is 0.333. The molecule has 0 aliphatic carbocycles. The van der Waals surface area contributed by atoms with E-state index >= 15 is 0 Å². The molecular weight excluding hydrogens is 300 g/mol. The van der Waals surface area contributed by atoms with Crippen molar-refractivity contribution >= 4 is 29.1 Å². The fourth-order valence-corrected chi connectivity index (χ4v) is 2.89. The van der Waals surface area contributed by atoms with E-state index in [2.05, 4.69) is 15.5 Å². The average Bonchev–Trinajstić information content (AvgIpc) is 2.93. The van der Waals surface area contributed by atoms with Crippen molar-refractivity contribution in [1.29, 1.82) is 0 Å². The zero-order valence-corrected chi connectivity index (χ0v) is 13.6. The summed E-state index contributed by atoms with van der Waals surface area (Å²) in [5.74, 6) is -0.119. The number of benzene rings is 1. The van der Waals surface area contributed by atoms with Gasteiger partial charge in [0.1, 0.15) is 6.33 Å². The van der Waals surface area contributed by atoms with Gasteiger partial charge in [-0.1, -0.05) is 11.8 Å². The number of rotatable bonds is 6. The van der Waals surface area contributed by atoms with Gasteiger partial charge in [0.25, 0.3) is 0 Å². The fourth-order valence-electron chi connectivity index (χ4n) is 1.92. The molecule has 1 heterocycles. The van der Waals surface area contributed by atoms with Crippen LogP contribution in [0.25, 0.3) is 0 Å². The van der Waals surface area contributed by atoms with Crippen LogP contribution in [0.5, 0.6) is 0 Å². The van der Waals surface area contributed by atoms with Crippen LogP contribution in [-0.2, 0) is 11.3 Å². The number of Topliss-reactive ketones (excluding diaryl/α,β-unsaturated/α-hetero) is 1. The number of thioether (sulfide) groups is 1. The molecular formula is C15H18N4O2S. The largest absolute Gasteiger partial charge is 0.326 e. The number of anilines is 1. The molecule has 0 aliphatic heterocycles.